The van der Waals surface area contributed by atoms with E-state index in [-0.39, 0.29) is 0 Å². The van der Waals surface area contributed by atoms with E-state index in [0.29, 0.717) is 6.04 Å². The number of rotatable bonds is 4. The average molecular weight is 177 g/mol. The smallest absolute Gasteiger partial charge is 0.0342 e. The molecule has 1 aromatic rings. The van der Waals surface area contributed by atoms with E-state index in [1.165, 1.54) is 24.1 Å². The number of nitrogens with one attached hydrogen (secondary N) is 1. The third kappa shape index (κ3) is 3.49. The second-order valence-electron chi connectivity index (χ2n) is 3.70. The number of hydrogen-bond donors (Lipinski definition) is 1. The Morgan fingerprint density at radius 2 is 1.85 bits per heavy atom. The summed E-state index contributed by atoms with van der Waals surface area (Å²) >= 11 is 0. The summed E-state index contributed by atoms with van der Waals surface area (Å²) in [6.45, 7) is 6.55. The predicted octanol–water partition coefficient (Wildman–Crippen LogP) is 3.60. The van der Waals surface area contributed by atoms with E-state index in [2.05, 4.69) is 50.4 Å². The molecule has 0 aliphatic heterocycles. The van der Waals surface area contributed by atoms with Crippen LogP contribution in [0, 0.1) is 6.92 Å². The lowest BCUT2D eigenvalue weighted by molar-refractivity contribution is 0.690. The summed E-state index contributed by atoms with van der Waals surface area (Å²) in [7, 11) is 0. The summed E-state index contributed by atoms with van der Waals surface area (Å²) in [5.41, 5.74) is 2.54. The van der Waals surface area contributed by atoms with Crippen LogP contribution in [0.5, 0.6) is 0 Å². The summed E-state index contributed by atoms with van der Waals surface area (Å²) in [6.07, 6.45) is 2.47. The minimum absolute atomic E-state index is 0.577. The Morgan fingerprint density at radius 1 is 1.23 bits per heavy atom. The maximum atomic E-state index is 3.47. The normalized spacial score (nSPS) is 12.5. The first kappa shape index (κ1) is 10.1. The van der Waals surface area contributed by atoms with Crippen molar-refractivity contribution in [2.45, 2.75) is 39.7 Å². The van der Waals surface area contributed by atoms with Gasteiger partial charge in [-0.3, -0.25) is 0 Å². The highest BCUT2D eigenvalue weighted by Gasteiger charge is 1.98. The van der Waals surface area contributed by atoms with Crippen LogP contribution in [-0.2, 0) is 0 Å². The molecule has 0 aromatic heterocycles. The molecule has 0 fully saturated rings. The van der Waals surface area contributed by atoms with Crippen molar-refractivity contribution < 1.29 is 0 Å². The molecule has 1 N–H and O–H groups in total. The van der Waals surface area contributed by atoms with Crippen molar-refractivity contribution in [3.8, 4) is 0 Å². The fraction of sp³-hybridized carbons (Fsp3) is 0.500. The molecular formula is C12H19N. The second kappa shape index (κ2) is 4.90. The molecule has 0 saturated heterocycles. The van der Waals surface area contributed by atoms with Gasteiger partial charge in [-0.2, -0.15) is 0 Å². The zero-order valence-electron chi connectivity index (χ0n) is 8.80. The zero-order valence-corrected chi connectivity index (χ0v) is 8.80. The highest BCUT2D eigenvalue weighted by atomic mass is 14.9. The fourth-order valence-corrected chi connectivity index (χ4v) is 1.44. The van der Waals surface area contributed by atoms with Crippen molar-refractivity contribution in [2.75, 3.05) is 5.32 Å². The second-order valence-corrected chi connectivity index (χ2v) is 3.70. The van der Waals surface area contributed by atoms with E-state index in [0.717, 1.165) is 0 Å². The van der Waals surface area contributed by atoms with Crippen molar-refractivity contribution in [1.29, 1.82) is 0 Å². The fourth-order valence-electron chi connectivity index (χ4n) is 1.44. The lowest BCUT2D eigenvalue weighted by Gasteiger charge is -2.14. The van der Waals surface area contributed by atoms with E-state index < -0.39 is 0 Å². The Hall–Kier alpha value is -0.980. The van der Waals surface area contributed by atoms with Crippen molar-refractivity contribution in [1.82, 2.24) is 0 Å². The minimum atomic E-state index is 0.577. The largest absolute Gasteiger partial charge is 0.383 e. The van der Waals surface area contributed by atoms with Crippen LogP contribution in [-0.4, -0.2) is 6.04 Å². The van der Waals surface area contributed by atoms with Gasteiger partial charge in [0, 0.05) is 11.7 Å². The van der Waals surface area contributed by atoms with Gasteiger partial charge in [-0.15, -0.1) is 0 Å². The third-order valence-electron chi connectivity index (χ3n) is 2.19. The molecule has 1 atom stereocenters. The number of benzene rings is 1. The van der Waals surface area contributed by atoms with E-state index >= 15 is 0 Å². The summed E-state index contributed by atoms with van der Waals surface area (Å²) in [4.78, 5) is 0. The van der Waals surface area contributed by atoms with Gasteiger partial charge in [0.15, 0.2) is 0 Å². The SMILES string of the molecule is CCCC(C)Nc1ccc(C)cc1. The van der Waals surface area contributed by atoms with Crippen LogP contribution in [0.2, 0.25) is 0 Å². The lowest BCUT2D eigenvalue weighted by atomic mass is 10.1. The minimum Gasteiger partial charge on any atom is -0.383 e. The Balaban J connectivity index is 2.49. The first-order chi connectivity index (χ1) is 6.22. The molecule has 1 aromatic carbocycles. The van der Waals surface area contributed by atoms with Gasteiger partial charge < -0.3 is 5.32 Å². The molecule has 1 unspecified atom stereocenters. The molecule has 1 nitrogen and oxygen atoms in total. The molecule has 13 heavy (non-hydrogen) atoms. The molecule has 0 amide bonds. The Morgan fingerprint density at radius 3 is 2.38 bits per heavy atom. The molecule has 1 rings (SSSR count). The number of aryl methyl sites for hydroxylation is 1. The lowest BCUT2D eigenvalue weighted by Crippen LogP contribution is -2.14. The summed E-state index contributed by atoms with van der Waals surface area (Å²) in [6, 6.07) is 9.14. The maximum absolute atomic E-state index is 3.47. The van der Waals surface area contributed by atoms with Crippen LogP contribution in [0.3, 0.4) is 0 Å². The van der Waals surface area contributed by atoms with Crippen molar-refractivity contribution in [3.05, 3.63) is 29.8 Å². The molecule has 0 heterocycles. The molecule has 0 bridgehead atoms. The summed E-state index contributed by atoms with van der Waals surface area (Å²) < 4.78 is 0. The molecular weight excluding hydrogens is 158 g/mol. The van der Waals surface area contributed by atoms with Gasteiger partial charge in [0.25, 0.3) is 0 Å². The standard InChI is InChI=1S/C12H19N/c1-4-5-11(3)13-12-8-6-10(2)7-9-12/h6-9,11,13H,4-5H2,1-3H3. The van der Waals surface area contributed by atoms with Crippen molar-refractivity contribution in [3.63, 3.8) is 0 Å². The topological polar surface area (TPSA) is 12.0 Å². The quantitative estimate of drug-likeness (QED) is 0.741. The van der Waals surface area contributed by atoms with Gasteiger partial charge in [0.2, 0.25) is 0 Å². The Kier molecular flexibility index (Phi) is 3.81. The molecule has 0 radical (unpaired) electrons. The molecule has 72 valence electrons. The first-order valence-electron chi connectivity index (χ1n) is 5.05. The van der Waals surface area contributed by atoms with Crippen molar-refractivity contribution >= 4 is 5.69 Å². The molecule has 0 aliphatic rings. The third-order valence-corrected chi connectivity index (χ3v) is 2.19. The highest BCUT2D eigenvalue weighted by Crippen LogP contribution is 2.11. The van der Waals surface area contributed by atoms with E-state index in [1.54, 1.807) is 0 Å². The number of anilines is 1. The van der Waals surface area contributed by atoms with E-state index in [4.69, 9.17) is 0 Å². The van der Waals surface area contributed by atoms with E-state index in [9.17, 15) is 0 Å². The van der Waals surface area contributed by atoms with Crippen LogP contribution in [0.25, 0.3) is 0 Å². The van der Waals surface area contributed by atoms with Gasteiger partial charge in [-0.05, 0) is 32.4 Å². The first-order valence-corrected chi connectivity index (χ1v) is 5.05. The van der Waals surface area contributed by atoms with Crippen LogP contribution >= 0.6 is 0 Å². The predicted molar refractivity (Wildman–Crippen MR) is 59.2 cm³/mol. The Bertz CT molecular complexity index is 238. The van der Waals surface area contributed by atoms with Gasteiger partial charge in [0.05, 0.1) is 0 Å². The highest BCUT2D eigenvalue weighted by molar-refractivity contribution is 5.44. The van der Waals surface area contributed by atoms with Gasteiger partial charge >= 0.3 is 0 Å². The van der Waals surface area contributed by atoms with Crippen molar-refractivity contribution in [2.24, 2.45) is 0 Å². The zero-order chi connectivity index (χ0) is 9.68. The number of hydrogen-bond acceptors (Lipinski definition) is 1. The Labute approximate surface area is 81.2 Å². The van der Waals surface area contributed by atoms with Crippen LogP contribution < -0.4 is 5.32 Å². The van der Waals surface area contributed by atoms with E-state index in [1.807, 2.05) is 0 Å². The van der Waals surface area contributed by atoms with Gasteiger partial charge in [-0.25, -0.2) is 0 Å². The molecule has 0 spiro atoms. The average Bonchev–Trinajstić information content (AvgIpc) is 2.09. The van der Waals surface area contributed by atoms with Crippen LogP contribution in [0.4, 0.5) is 5.69 Å². The summed E-state index contributed by atoms with van der Waals surface area (Å²) in [5, 5.41) is 3.47. The molecule has 0 saturated carbocycles. The van der Waals surface area contributed by atoms with Crippen LogP contribution in [0.15, 0.2) is 24.3 Å². The summed E-state index contributed by atoms with van der Waals surface area (Å²) in [5.74, 6) is 0. The molecule has 0 aliphatic carbocycles. The molecule has 1 heteroatoms. The van der Waals surface area contributed by atoms with Gasteiger partial charge in [-0.1, -0.05) is 31.0 Å². The maximum Gasteiger partial charge on any atom is 0.0342 e. The monoisotopic (exact) mass is 177 g/mol. The van der Waals surface area contributed by atoms with Gasteiger partial charge in [0.1, 0.15) is 0 Å². The van der Waals surface area contributed by atoms with Crippen LogP contribution in [0.1, 0.15) is 32.3 Å².